The van der Waals surface area contributed by atoms with Crippen LogP contribution in [0.5, 0.6) is 5.75 Å². The summed E-state index contributed by atoms with van der Waals surface area (Å²) < 4.78 is 6.26. The summed E-state index contributed by atoms with van der Waals surface area (Å²) in [5.74, 6) is 0.754. The molecule has 3 fully saturated rings. The van der Waals surface area contributed by atoms with Gasteiger partial charge in [0.25, 0.3) is 5.91 Å². The predicted octanol–water partition coefficient (Wildman–Crippen LogP) is 4.41. The molecule has 0 radical (unpaired) electrons. The third kappa shape index (κ3) is 9.31. The molecule has 3 saturated heterocycles. The molecular weight excluding hydrogens is 741 g/mol. The molecule has 1 atom stereocenters. The van der Waals surface area contributed by atoms with Crippen LogP contribution < -0.4 is 20.4 Å². The number of piperidine rings is 2. The first-order chi connectivity index (χ1) is 28.7. The van der Waals surface area contributed by atoms with Crippen LogP contribution in [0.25, 0.3) is 11.1 Å². The molecule has 11 nitrogen and oxygen atoms in total. The average Bonchev–Trinajstić information content (AvgIpc) is 3.59. The zero-order valence-electron chi connectivity index (χ0n) is 33.9. The van der Waals surface area contributed by atoms with E-state index in [0.29, 0.717) is 36.5 Å². The van der Waals surface area contributed by atoms with Crippen LogP contribution in [-0.2, 0) is 16.1 Å². The van der Waals surface area contributed by atoms with Gasteiger partial charge in [0.2, 0.25) is 11.8 Å². The van der Waals surface area contributed by atoms with E-state index >= 15 is 0 Å². The van der Waals surface area contributed by atoms with E-state index in [4.69, 9.17) is 4.74 Å². The molecule has 12 heteroatoms. The van der Waals surface area contributed by atoms with Gasteiger partial charge in [-0.15, -0.1) is 0 Å². The van der Waals surface area contributed by atoms with Gasteiger partial charge in [0.15, 0.2) is 0 Å². The number of ether oxygens (including phenoxy) is 1. The number of carbonyl (C=O) groups is 3. The zero-order valence-corrected chi connectivity index (χ0v) is 33.9. The number of fused-ring (bicyclic) bond motifs is 1. The number of likely N-dealkylation sites (tertiary alicyclic amines) is 1. The fraction of sp³-hybridized carbons (Fsp3) is 0.383. The second-order valence-electron chi connectivity index (χ2n) is 16.3. The van der Waals surface area contributed by atoms with Gasteiger partial charge in [-0.05, 0) is 114 Å². The molecule has 4 aromatic carbocycles. The molecule has 0 bridgehead atoms. The molecular formula is C47H54BN5O6. The third-order valence-electron chi connectivity index (χ3n) is 12.6. The van der Waals surface area contributed by atoms with Gasteiger partial charge in [0.05, 0.1) is 0 Å². The van der Waals surface area contributed by atoms with E-state index in [-0.39, 0.29) is 24.1 Å². The summed E-state index contributed by atoms with van der Waals surface area (Å²) in [5.41, 5.74) is 8.80. The number of carbonyl (C=O) groups excluding carboxylic acids is 3. The Kier molecular flexibility index (Phi) is 12.6. The molecule has 0 unspecified atom stereocenters. The molecule has 8 rings (SSSR count). The maximum Gasteiger partial charge on any atom is 0.488 e. The number of amides is 3. The number of rotatable bonds is 13. The van der Waals surface area contributed by atoms with Crippen molar-refractivity contribution in [2.24, 2.45) is 5.92 Å². The number of nitrogens with one attached hydrogen (secondary N) is 1. The summed E-state index contributed by atoms with van der Waals surface area (Å²) >= 11 is 0. The Morgan fingerprint density at radius 2 is 1.47 bits per heavy atom. The Morgan fingerprint density at radius 3 is 2.14 bits per heavy atom. The third-order valence-corrected chi connectivity index (χ3v) is 12.6. The minimum absolute atomic E-state index is 0.130. The van der Waals surface area contributed by atoms with E-state index in [9.17, 15) is 24.4 Å². The summed E-state index contributed by atoms with van der Waals surface area (Å²) in [4.78, 5) is 46.4. The van der Waals surface area contributed by atoms with Gasteiger partial charge in [-0.1, -0.05) is 73.7 Å². The van der Waals surface area contributed by atoms with Gasteiger partial charge in [-0.25, -0.2) is 0 Å². The van der Waals surface area contributed by atoms with E-state index < -0.39 is 13.2 Å². The van der Waals surface area contributed by atoms with Crippen molar-refractivity contribution in [2.45, 2.75) is 51.6 Å². The Hall–Kier alpha value is -5.27. The smallest absolute Gasteiger partial charge is 0.488 e. The lowest BCUT2D eigenvalue weighted by Gasteiger charge is -2.39. The maximum absolute atomic E-state index is 13.1. The number of hydrogen-bond donors (Lipinski definition) is 3. The van der Waals surface area contributed by atoms with E-state index in [1.807, 2.05) is 42.5 Å². The molecule has 0 saturated carbocycles. The van der Waals surface area contributed by atoms with Crippen LogP contribution in [0.1, 0.15) is 71.6 Å². The summed E-state index contributed by atoms with van der Waals surface area (Å²) in [6.45, 7) is 11.3. The Labute approximate surface area is 347 Å². The van der Waals surface area contributed by atoms with E-state index in [1.54, 1.807) is 17.0 Å². The lowest BCUT2D eigenvalue weighted by Crippen LogP contribution is -2.52. The first kappa shape index (κ1) is 40.5. The van der Waals surface area contributed by atoms with Crippen molar-refractivity contribution in [1.29, 1.82) is 0 Å². The summed E-state index contributed by atoms with van der Waals surface area (Å²) in [6.07, 6.45) is 3.84. The average molecular weight is 796 g/mol. The molecule has 4 heterocycles. The standard InChI is InChI=1S/C47H54BN5O6/c1-2-41(34-6-4-3-5-7-34)45(35-8-12-38(13-9-35)48(57)58)36-10-15-40(16-11-36)59-29-28-50-22-20-33(21-23-50)31-51-24-26-52(27-25-51)39-14-17-42-37(30-39)32-53(47(42)56)43-18-19-44(54)49-46(43)55/h3-17,30,33,43,57-58H,2,18-29,31-32H2,1H3,(H,49,54,55)/b45-41-/t43-/m0/s1. The van der Waals surface area contributed by atoms with Crippen molar-refractivity contribution in [2.75, 3.05) is 63.9 Å². The van der Waals surface area contributed by atoms with Crippen LogP contribution in [0.3, 0.4) is 0 Å². The van der Waals surface area contributed by atoms with Crippen molar-refractivity contribution < 1.29 is 29.2 Å². The van der Waals surface area contributed by atoms with Gasteiger partial charge in [0, 0.05) is 63.5 Å². The van der Waals surface area contributed by atoms with Gasteiger partial charge >= 0.3 is 7.12 Å². The normalized spacial score (nSPS) is 19.7. The first-order valence-electron chi connectivity index (χ1n) is 21.2. The zero-order chi connectivity index (χ0) is 40.9. The predicted molar refractivity (Wildman–Crippen MR) is 231 cm³/mol. The van der Waals surface area contributed by atoms with E-state index in [2.05, 4.69) is 69.4 Å². The Balaban J connectivity index is 0.785. The van der Waals surface area contributed by atoms with E-state index in [1.165, 1.54) is 18.4 Å². The van der Waals surface area contributed by atoms with E-state index in [0.717, 1.165) is 98.0 Å². The molecule has 3 N–H and O–H groups in total. The van der Waals surface area contributed by atoms with Crippen molar-refractivity contribution in [1.82, 2.24) is 20.0 Å². The second-order valence-corrected chi connectivity index (χ2v) is 16.3. The number of hydrogen-bond acceptors (Lipinski definition) is 9. The number of anilines is 1. The number of piperazine rings is 1. The topological polar surface area (TPSA) is 126 Å². The quantitative estimate of drug-likeness (QED) is 0.103. The molecule has 4 aliphatic rings. The Morgan fingerprint density at radius 1 is 0.780 bits per heavy atom. The number of nitrogens with zero attached hydrogens (tertiary/aromatic N) is 4. The second kappa shape index (κ2) is 18.3. The molecule has 0 aromatic heterocycles. The highest BCUT2D eigenvalue weighted by Gasteiger charge is 2.39. The van der Waals surface area contributed by atoms with Crippen molar-refractivity contribution in [3.63, 3.8) is 0 Å². The SMILES string of the molecule is CC/C(=C(/c1ccc(OCCN2CCC(CN3CCN(c4ccc5c(c4)CN([C@H]4CCC(=O)NC4=O)C5=O)CC3)CC2)cc1)c1ccc(B(O)O)cc1)c1ccccc1. The lowest BCUT2D eigenvalue weighted by molar-refractivity contribution is -0.136. The summed E-state index contributed by atoms with van der Waals surface area (Å²) in [6, 6.07) is 31.7. The van der Waals surface area contributed by atoms with Crippen molar-refractivity contribution in [3.05, 3.63) is 125 Å². The van der Waals surface area contributed by atoms with Crippen LogP contribution in [0.2, 0.25) is 0 Å². The summed E-state index contributed by atoms with van der Waals surface area (Å²) in [5, 5.41) is 21.7. The lowest BCUT2D eigenvalue weighted by atomic mass is 9.79. The van der Waals surface area contributed by atoms with Crippen LogP contribution in [0.15, 0.2) is 97.1 Å². The fourth-order valence-electron chi connectivity index (χ4n) is 9.22. The number of allylic oxidation sites excluding steroid dienone is 1. The van der Waals surface area contributed by atoms with Gasteiger partial charge < -0.3 is 24.6 Å². The van der Waals surface area contributed by atoms with Crippen LogP contribution in [0, 0.1) is 5.92 Å². The van der Waals surface area contributed by atoms with Gasteiger partial charge in [-0.3, -0.25) is 29.5 Å². The molecule has 0 spiro atoms. The highest BCUT2D eigenvalue weighted by atomic mass is 16.5. The van der Waals surface area contributed by atoms with Crippen molar-refractivity contribution >= 4 is 47.1 Å². The molecule has 3 amide bonds. The summed E-state index contributed by atoms with van der Waals surface area (Å²) in [7, 11) is -1.50. The van der Waals surface area contributed by atoms with Crippen LogP contribution in [-0.4, -0.2) is 115 Å². The van der Waals surface area contributed by atoms with Crippen LogP contribution in [0.4, 0.5) is 5.69 Å². The fourth-order valence-corrected chi connectivity index (χ4v) is 9.22. The highest BCUT2D eigenvalue weighted by Crippen LogP contribution is 2.35. The molecule has 4 aromatic rings. The van der Waals surface area contributed by atoms with Gasteiger partial charge in [0.1, 0.15) is 18.4 Å². The molecule has 4 aliphatic heterocycles. The van der Waals surface area contributed by atoms with Crippen LogP contribution >= 0.6 is 0 Å². The minimum atomic E-state index is -1.50. The van der Waals surface area contributed by atoms with Crippen molar-refractivity contribution in [3.8, 4) is 5.75 Å². The minimum Gasteiger partial charge on any atom is -0.492 e. The maximum atomic E-state index is 13.1. The Bertz CT molecular complexity index is 2150. The first-order valence-corrected chi connectivity index (χ1v) is 21.2. The van der Waals surface area contributed by atoms with Gasteiger partial charge in [-0.2, -0.15) is 0 Å². The highest BCUT2D eigenvalue weighted by molar-refractivity contribution is 6.58. The number of imide groups is 1. The largest absolute Gasteiger partial charge is 0.492 e. The number of benzene rings is 4. The molecule has 59 heavy (non-hydrogen) atoms. The molecule has 306 valence electrons. The monoisotopic (exact) mass is 795 g/mol. The molecule has 0 aliphatic carbocycles.